The lowest BCUT2D eigenvalue weighted by atomic mass is 9.99. The highest BCUT2D eigenvalue weighted by Gasteiger charge is 1.98. The van der Waals surface area contributed by atoms with Crippen molar-refractivity contribution in [2.75, 3.05) is 13.6 Å². The molecule has 2 atom stereocenters. The Kier molecular flexibility index (Phi) is 12.9. The number of hydrogen-bond acceptors (Lipinski definition) is 1. The maximum Gasteiger partial charge on any atom is -0.00519 e. The Morgan fingerprint density at radius 1 is 1.00 bits per heavy atom. The molecule has 1 heteroatoms. The predicted molar refractivity (Wildman–Crippen MR) is 84.0 cm³/mol. The van der Waals surface area contributed by atoms with Crippen molar-refractivity contribution in [1.82, 2.24) is 5.32 Å². The zero-order valence-corrected chi connectivity index (χ0v) is 13.2. The van der Waals surface area contributed by atoms with Crippen molar-refractivity contribution in [3.63, 3.8) is 0 Å². The molecule has 0 radical (unpaired) electrons. The number of unbranched alkanes of at least 4 members (excludes halogenated alkanes) is 4. The Morgan fingerprint density at radius 2 is 1.67 bits per heavy atom. The average molecular weight is 253 g/mol. The molecule has 0 aliphatic rings. The second-order valence-corrected chi connectivity index (χ2v) is 5.81. The second-order valence-electron chi connectivity index (χ2n) is 5.81. The summed E-state index contributed by atoms with van der Waals surface area (Å²) < 4.78 is 0. The standard InChI is InChI=1S/C17H35N/c1-5-16(2)13-11-14-17(3)12-9-7-6-8-10-15-18-4/h11,14,16-18H,5-10,12-13,15H2,1-4H3/b14-11-. The van der Waals surface area contributed by atoms with Gasteiger partial charge in [0, 0.05) is 0 Å². The molecular weight excluding hydrogens is 218 g/mol. The van der Waals surface area contributed by atoms with E-state index in [4.69, 9.17) is 0 Å². The van der Waals surface area contributed by atoms with E-state index in [1.54, 1.807) is 0 Å². The smallest absolute Gasteiger partial charge is 0.00519 e. The Hall–Kier alpha value is -0.300. The highest BCUT2D eigenvalue weighted by atomic mass is 14.8. The summed E-state index contributed by atoms with van der Waals surface area (Å²) in [4.78, 5) is 0. The highest BCUT2D eigenvalue weighted by Crippen LogP contribution is 2.14. The van der Waals surface area contributed by atoms with Gasteiger partial charge in [-0.3, -0.25) is 0 Å². The minimum atomic E-state index is 0.770. The zero-order chi connectivity index (χ0) is 13.6. The molecule has 0 aliphatic carbocycles. The van der Waals surface area contributed by atoms with Gasteiger partial charge in [0.15, 0.2) is 0 Å². The van der Waals surface area contributed by atoms with Crippen molar-refractivity contribution in [2.45, 2.75) is 72.1 Å². The minimum absolute atomic E-state index is 0.770. The molecule has 1 nitrogen and oxygen atoms in total. The van der Waals surface area contributed by atoms with Gasteiger partial charge in [-0.2, -0.15) is 0 Å². The van der Waals surface area contributed by atoms with Crippen LogP contribution in [0.3, 0.4) is 0 Å². The van der Waals surface area contributed by atoms with Gasteiger partial charge >= 0.3 is 0 Å². The van der Waals surface area contributed by atoms with Gasteiger partial charge in [0.1, 0.15) is 0 Å². The SMILES string of the molecule is CCC(C)C/C=C\C(C)CCCCCCCNC. The summed E-state index contributed by atoms with van der Waals surface area (Å²) >= 11 is 0. The third-order valence-electron chi connectivity index (χ3n) is 3.79. The third-order valence-corrected chi connectivity index (χ3v) is 3.79. The van der Waals surface area contributed by atoms with Crippen LogP contribution in [-0.2, 0) is 0 Å². The first-order valence-electron chi connectivity index (χ1n) is 8.02. The summed E-state index contributed by atoms with van der Waals surface area (Å²) in [6.07, 6.45) is 15.7. The fourth-order valence-electron chi connectivity index (χ4n) is 2.10. The summed E-state index contributed by atoms with van der Waals surface area (Å²) in [5.74, 6) is 1.62. The summed E-state index contributed by atoms with van der Waals surface area (Å²) in [5.41, 5.74) is 0. The van der Waals surface area contributed by atoms with E-state index in [9.17, 15) is 0 Å². The van der Waals surface area contributed by atoms with E-state index < -0.39 is 0 Å². The van der Waals surface area contributed by atoms with Gasteiger partial charge in [0.25, 0.3) is 0 Å². The minimum Gasteiger partial charge on any atom is -0.320 e. The predicted octanol–water partition coefficient (Wildman–Crippen LogP) is 5.17. The first kappa shape index (κ1) is 17.7. The average Bonchev–Trinajstić information content (AvgIpc) is 2.37. The molecule has 0 saturated carbocycles. The van der Waals surface area contributed by atoms with Crippen molar-refractivity contribution in [3.05, 3.63) is 12.2 Å². The van der Waals surface area contributed by atoms with Crippen LogP contribution >= 0.6 is 0 Å². The molecule has 0 bridgehead atoms. The van der Waals surface area contributed by atoms with Gasteiger partial charge in [-0.1, -0.05) is 65.0 Å². The Labute approximate surface area is 115 Å². The van der Waals surface area contributed by atoms with E-state index >= 15 is 0 Å². The highest BCUT2D eigenvalue weighted by molar-refractivity contribution is 4.87. The van der Waals surface area contributed by atoms with E-state index in [1.807, 2.05) is 7.05 Å². The van der Waals surface area contributed by atoms with E-state index in [2.05, 4.69) is 38.2 Å². The molecule has 0 aromatic rings. The molecule has 0 aliphatic heterocycles. The molecule has 0 spiro atoms. The molecular formula is C17H35N. The van der Waals surface area contributed by atoms with Crippen LogP contribution < -0.4 is 5.32 Å². The van der Waals surface area contributed by atoms with Crippen LogP contribution in [0.1, 0.15) is 72.1 Å². The zero-order valence-electron chi connectivity index (χ0n) is 13.2. The number of hydrogen-bond donors (Lipinski definition) is 1. The number of allylic oxidation sites excluding steroid dienone is 2. The molecule has 0 amide bonds. The maximum absolute atomic E-state index is 3.20. The Morgan fingerprint density at radius 3 is 2.33 bits per heavy atom. The molecule has 1 N–H and O–H groups in total. The van der Waals surface area contributed by atoms with Crippen molar-refractivity contribution in [1.29, 1.82) is 0 Å². The monoisotopic (exact) mass is 253 g/mol. The normalized spacial score (nSPS) is 15.1. The van der Waals surface area contributed by atoms with Gasteiger partial charge in [-0.05, 0) is 44.7 Å². The van der Waals surface area contributed by atoms with Crippen LogP contribution in [-0.4, -0.2) is 13.6 Å². The molecule has 18 heavy (non-hydrogen) atoms. The summed E-state index contributed by atoms with van der Waals surface area (Å²) in [5, 5.41) is 3.20. The molecule has 0 aromatic heterocycles. The van der Waals surface area contributed by atoms with Gasteiger partial charge in [0.05, 0.1) is 0 Å². The van der Waals surface area contributed by atoms with Crippen molar-refractivity contribution in [3.8, 4) is 0 Å². The third kappa shape index (κ3) is 12.2. The molecule has 0 aromatic carbocycles. The fourth-order valence-corrected chi connectivity index (χ4v) is 2.10. The lowest BCUT2D eigenvalue weighted by Crippen LogP contribution is -2.06. The Bertz CT molecular complexity index is 186. The second kappa shape index (κ2) is 13.1. The molecule has 0 heterocycles. The van der Waals surface area contributed by atoms with Crippen LogP contribution in [0.2, 0.25) is 0 Å². The Balaban J connectivity index is 3.33. The summed E-state index contributed by atoms with van der Waals surface area (Å²) in [7, 11) is 2.04. The molecule has 0 fully saturated rings. The van der Waals surface area contributed by atoms with E-state index in [-0.39, 0.29) is 0 Å². The van der Waals surface area contributed by atoms with E-state index in [0.717, 1.165) is 11.8 Å². The van der Waals surface area contributed by atoms with Gasteiger partial charge in [-0.15, -0.1) is 0 Å². The molecule has 0 rings (SSSR count). The van der Waals surface area contributed by atoms with Crippen molar-refractivity contribution >= 4 is 0 Å². The van der Waals surface area contributed by atoms with Gasteiger partial charge < -0.3 is 5.32 Å². The molecule has 0 saturated heterocycles. The quantitative estimate of drug-likeness (QED) is 0.373. The fraction of sp³-hybridized carbons (Fsp3) is 0.882. The van der Waals surface area contributed by atoms with E-state index in [0.29, 0.717) is 0 Å². The summed E-state index contributed by atoms with van der Waals surface area (Å²) in [6, 6.07) is 0. The van der Waals surface area contributed by atoms with Crippen LogP contribution in [0.25, 0.3) is 0 Å². The van der Waals surface area contributed by atoms with E-state index in [1.165, 1.54) is 57.9 Å². The van der Waals surface area contributed by atoms with Crippen molar-refractivity contribution in [2.24, 2.45) is 11.8 Å². The van der Waals surface area contributed by atoms with Gasteiger partial charge in [-0.25, -0.2) is 0 Å². The van der Waals surface area contributed by atoms with Gasteiger partial charge in [0.2, 0.25) is 0 Å². The van der Waals surface area contributed by atoms with Crippen molar-refractivity contribution < 1.29 is 0 Å². The largest absolute Gasteiger partial charge is 0.320 e. The first-order valence-corrected chi connectivity index (χ1v) is 8.02. The van der Waals surface area contributed by atoms with Crippen LogP contribution in [0, 0.1) is 11.8 Å². The lowest BCUT2D eigenvalue weighted by Gasteiger charge is -2.07. The number of rotatable bonds is 12. The molecule has 2 unspecified atom stereocenters. The topological polar surface area (TPSA) is 12.0 Å². The van der Waals surface area contributed by atoms with Crippen LogP contribution in [0.4, 0.5) is 0 Å². The maximum atomic E-state index is 3.20. The summed E-state index contributed by atoms with van der Waals surface area (Å²) in [6.45, 7) is 8.14. The van der Waals surface area contributed by atoms with Crippen LogP contribution in [0.15, 0.2) is 12.2 Å². The number of nitrogens with one attached hydrogen (secondary N) is 1. The lowest BCUT2D eigenvalue weighted by molar-refractivity contribution is 0.535. The molecule has 108 valence electrons. The van der Waals surface area contributed by atoms with Crippen LogP contribution in [0.5, 0.6) is 0 Å². The first-order chi connectivity index (χ1) is 8.70.